The van der Waals surface area contributed by atoms with Crippen molar-refractivity contribution in [1.29, 1.82) is 0 Å². The number of ether oxygens (including phenoxy) is 2. The minimum Gasteiger partial charge on any atom is -0.496 e. The van der Waals surface area contributed by atoms with Crippen molar-refractivity contribution < 1.29 is 14.3 Å². The van der Waals surface area contributed by atoms with Crippen molar-refractivity contribution in [1.82, 2.24) is 0 Å². The maximum atomic E-state index is 11.8. The molecule has 0 radical (unpaired) electrons. The van der Waals surface area contributed by atoms with Gasteiger partial charge in [-0.25, -0.2) is 4.79 Å². The molecule has 3 rings (SSSR count). The summed E-state index contributed by atoms with van der Waals surface area (Å²) in [5.74, 6) is 0.771. The Morgan fingerprint density at radius 1 is 1.04 bits per heavy atom. The molecule has 0 bridgehead atoms. The van der Waals surface area contributed by atoms with Gasteiger partial charge in [0.15, 0.2) is 5.75 Å². The first-order valence-corrected chi connectivity index (χ1v) is 8.21. The zero-order chi connectivity index (χ0) is 16.9. The fourth-order valence-corrected chi connectivity index (χ4v) is 3.36. The Labute approximate surface area is 144 Å². The number of carbonyl (C=O) groups excluding carboxylic acids is 1. The molecule has 3 aromatic rings. The predicted octanol–water partition coefficient (Wildman–Crippen LogP) is 5.09. The number of esters is 1. The molecule has 0 N–H and O–H groups in total. The van der Waals surface area contributed by atoms with E-state index in [0.29, 0.717) is 5.75 Å². The third-order valence-electron chi connectivity index (χ3n) is 3.48. The van der Waals surface area contributed by atoms with Crippen LogP contribution in [0.4, 0.5) is 0 Å². The lowest BCUT2D eigenvalue weighted by atomic mass is 10.1. The van der Waals surface area contributed by atoms with Crippen LogP contribution in [0, 0.1) is 0 Å². The molecule has 0 heterocycles. The first-order valence-electron chi connectivity index (χ1n) is 7.40. The normalized spacial score (nSPS) is 10.4. The molecule has 3 nitrogen and oxygen atoms in total. The van der Waals surface area contributed by atoms with Crippen LogP contribution in [0.25, 0.3) is 10.8 Å². The lowest BCUT2D eigenvalue weighted by Crippen LogP contribution is -2.05. The monoisotopic (exact) mass is 336 g/mol. The average Bonchev–Trinajstić information content (AvgIpc) is 2.64. The number of hydrogen-bond acceptors (Lipinski definition) is 4. The largest absolute Gasteiger partial charge is 0.496 e. The summed E-state index contributed by atoms with van der Waals surface area (Å²) < 4.78 is 11.1. The van der Waals surface area contributed by atoms with Gasteiger partial charge in [-0.15, -0.1) is 0 Å². The van der Waals surface area contributed by atoms with Gasteiger partial charge in [0.25, 0.3) is 0 Å². The average molecular weight is 336 g/mol. The third kappa shape index (κ3) is 3.29. The van der Waals surface area contributed by atoms with E-state index in [4.69, 9.17) is 9.47 Å². The molecule has 0 saturated carbocycles. The van der Waals surface area contributed by atoms with Crippen molar-refractivity contribution in [3.05, 3.63) is 73.3 Å². The second kappa shape index (κ2) is 7.23. The fraction of sp³-hybridized carbons (Fsp3) is 0.0500. The molecule has 0 saturated heterocycles. The van der Waals surface area contributed by atoms with Crippen LogP contribution in [-0.4, -0.2) is 13.1 Å². The van der Waals surface area contributed by atoms with Gasteiger partial charge in [-0.3, -0.25) is 0 Å². The summed E-state index contributed by atoms with van der Waals surface area (Å²) in [5, 5.41) is 1.72. The Morgan fingerprint density at radius 3 is 2.38 bits per heavy atom. The first-order chi connectivity index (χ1) is 11.7. The quantitative estimate of drug-likeness (QED) is 0.369. The van der Waals surface area contributed by atoms with Gasteiger partial charge in [-0.05, 0) is 18.2 Å². The second-order valence-corrected chi connectivity index (χ2v) is 6.11. The standard InChI is InChI=1S/C20H16O3S/c1-3-19(21)23-20-16-12-8-7-11-15(16)17(22-2)13-18(20)24-14-9-5-4-6-10-14/h3-13H,1H2,2H3. The maximum Gasteiger partial charge on any atom is 0.335 e. The predicted molar refractivity (Wildman–Crippen MR) is 96.9 cm³/mol. The molecule has 0 aromatic heterocycles. The summed E-state index contributed by atoms with van der Waals surface area (Å²) in [5.41, 5.74) is 0. The maximum absolute atomic E-state index is 11.8. The molecule has 0 amide bonds. The van der Waals surface area contributed by atoms with Crippen LogP contribution in [0.15, 0.2) is 83.1 Å². The van der Waals surface area contributed by atoms with Crippen molar-refractivity contribution in [2.24, 2.45) is 0 Å². The molecule has 24 heavy (non-hydrogen) atoms. The summed E-state index contributed by atoms with van der Waals surface area (Å²) in [7, 11) is 1.63. The lowest BCUT2D eigenvalue weighted by Gasteiger charge is -2.15. The van der Waals surface area contributed by atoms with Crippen LogP contribution in [0.3, 0.4) is 0 Å². The van der Waals surface area contributed by atoms with Gasteiger partial charge in [-0.1, -0.05) is 60.8 Å². The Kier molecular flexibility index (Phi) is 4.87. The van der Waals surface area contributed by atoms with E-state index in [9.17, 15) is 4.79 Å². The van der Waals surface area contributed by atoms with E-state index in [1.54, 1.807) is 7.11 Å². The highest BCUT2D eigenvalue weighted by atomic mass is 32.2. The molecule has 4 heteroatoms. The molecule has 0 atom stereocenters. The highest BCUT2D eigenvalue weighted by molar-refractivity contribution is 7.99. The Balaban J connectivity index is 2.19. The van der Waals surface area contributed by atoms with Crippen molar-refractivity contribution in [3.8, 4) is 11.5 Å². The van der Waals surface area contributed by atoms with Crippen molar-refractivity contribution in [2.45, 2.75) is 9.79 Å². The summed E-state index contributed by atoms with van der Waals surface area (Å²) in [6.07, 6.45) is 1.16. The number of rotatable bonds is 5. The van der Waals surface area contributed by atoms with Crippen molar-refractivity contribution in [3.63, 3.8) is 0 Å². The van der Waals surface area contributed by atoms with Gasteiger partial charge >= 0.3 is 5.97 Å². The lowest BCUT2D eigenvalue weighted by molar-refractivity contribution is -0.129. The highest BCUT2D eigenvalue weighted by Gasteiger charge is 2.17. The van der Waals surface area contributed by atoms with E-state index < -0.39 is 5.97 Å². The molecule has 0 fully saturated rings. The topological polar surface area (TPSA) is 35.5 Å². The van der Waals surface area contributed by atoms with Crippen LogP contribution < -0.4 is 9.47 Å². The zero-order valence-corrected chi connectivity index (χ0v) is 14.0. The number of benzene rings is 3. The molecular formula is C20H16O3S. The Hall–Kier alpha value is -2.72. The van der Waals surface area contributed by atoms with Gasteiger partial charge in [0.2, 0.25) is 0 Å². The van der Waals surface area contributed by atoms with Crippen molar-refractivity contribution in [2.75, 3.05) is 7.11 Å². The van der Waals surface area contributed by atoms with Gasteiger partial charge in [0.1, 0.15) is 5.75 Å². The van der Waals surface area contributed by atoms with Crippen LogP contribution in [0.2, 0.25) is 0 Å². The Morgan fingerprint density at radius 2 is 1.71 bits per heavy atom. The minimum atomic E-state index is -0.486. The van der Waals surface area contributed by atoms with E-state index in [0.717, 1.165) is 32.4 Å². The van der Waals surface area contributed by atoms with E-state index in [1.165, 1.54) is 11.8 Å². The summed E-state index contributed by atoms with van der Waals surface area (Å²) in [4.78, 5) is 13.7. The van der Waals surface area contributed by atoms with Gasteiger partial charge in [-0.2, -0.15) is 0 Å². The molecule has 0 aliphatic carbocycles. The van der Waals surface area contributed by atoms with E-state index in [-0.39, 0.29) is 0 Å². The van der Waals surface area contributed by atoms with Gasteiger partial charge < -0.3 is 9.47 Å². The molecule has 0 unspecified atom stereocenters. The Bertz CT molecular complexity index is 888. The minimum absolute atomic E-state index is 0.486. The van der Waals surface area contributed by atoms with Gasteiger partial charge in [0, 0.05) is 21.7 Å². The summed E-state index contributed by atoms with van der Waals surface area (Å²) in [6, 6.07) is 19.5. The fourth-order valence-electron chi connectivity index (χ4n) is 2.40. The number of methoxy groups -OCH3 is 1. The van der Waals surface area contributed by atoms with E-state index in [1.807, 2.05) is 60.7 Å². The zero-order valence-electron chi connectivity index (χ0n) is 13.2. The first kappa shape index (κ1) is 16.1. The molecule has 120 valence electrons. The van der Waals surface area contributed by atoms with Crippen LogP contribution in [0.5, 0.6) is 11.5 Å². The smallest absolute Gasteiger partial charge is 0.335 e. The van der Waals surface area contributed by atoms with Crippen molar-refractivity contribution >= 4 is 28.5 Å². The molecule has 3 aromatic carbocycles. The van der Waals surface area contributed by atoms with Crippen LogP contribution >= 0.6 is 11.8 Å². The summed E-state index contributed by atoms with van der Waals surface area (Å²) >= 11 is 1.52. The SMILES string of the molecule is C=CC(=O)Oc1c(Sc2ccccc2)cc(OC)c2ccccc12. The van der Waals surface area contributed by atoms with E-state index in [2.05, 4.69) is 6.58 Å². The third-order valence-corrected chi connectivity index (χ3v) is 4.51. The molecule has 0 spiro atoms. The van der Waals surface area contributed by atoms with Crippen LogP contribution in [-0.2, 0) is 4.79 Å². The molecule has 0 aliphatic rings. The van der Waals surface area contributed by atoms with E-state index >= 15 is 0 Å². The molecule has 0 aliphatic heterocycles. The molecular weight excluding hydrogens is 320 g/mol. The highest BCUT2D eigenvalue weighted by Crippen LogP contribution is 2.44. The number of fused-ring (bicyclic) bond motifs is 1. The summed E-state index contributed by atoms with van der Waals surface area (Å²) in [6.45, 7) is 3.48. The van der Waals surface area contributed by atoms with Crippen LogP contribution in [0.1, 0.15) is 0 Å². The van der Waals surface area contributed by atoms with Gasteiger partial charge in [0.05, 0.1) is 12.0 Å². The number of hydrogen-bond donors (Lipinski definition) is 0. The number of carbonyl (C=O) groups is 1. The second-order valence-electron chi connectivity index (χ2n) is 4.99.